The van der Waals surface area contributed by atoms with Gasteiger partial charge in [-0.15, -0.1) is 5.10 Å². The molecule has 38 heavy (non-hydrogen) atoms. The molecule has 4 aromatic heterocycles. The van der Waals surface area contributed by atoms with Crippen LogP contribution in [-0.2, 0) is 10.4 Å². The summed E-state index contributed by atoms with van der Waals surface area (Å²) in [7, 11) is 0. The Morgan fingerprint density at radius 2 is 2.05 bits per heavy atom. The number of likely N-dealkylation sites (tertiary alicyclic amines) is 1. The number of carbonyl (C=O) groups excluding carboxylic acids is 1. The van der Waals surface area contributed by atoms with Crippen molar-refractivity contribution in [1.82, 2.24) is 34.5 Å². The molecular formula is C26H27F2N7O3. The predicted molar refractivity (Wildman–Crippen MR) is 133 cm³/mol. The largest absolute Gasteiger partial charge is 0.488 e. The molecule has 4 aromatic rings. The smallest absolute Gasteiger partial charge is 0.245 e. The highest BCUT2D eigenvalue weighted by Gasteiger charge is 2.28. The van der Waals surface area contributed by atoms with Gasteiger partial charge in [-0.3, -0.25) is 9.78 Å². The minimum atomic E-state index is -1.57. The minimum Gasteiger partial charge on any atom is -0.488 e. The number of amides is 1. The van der Waals surface area contributed by atoms with E-state index in [2.05, 4.69) is 27.0 Å². The van der Waals surface area contributed by atoms with Gasteiger partial charge in [0.1, 0.15) is 35.0 Å². The van der Waals surface area contributed by atoms with E-state index in [4.69, 9.17) is 4.74 Å². The van der Waals surface area contributed by atoms with Crippen LogP contribution in [0.2, 0.25) is 0 Å². The van der Waals surface area contributed by atoms with Crippen molar-refractivity contribution in [3.8, 4) is 17.0 Å². The number of hydrogen-bond acceptors (Lipinski definition) is 7. The summed E-state index contributed by atoms with van der Waals surface area (Å²) in [6.07, 6.45) is 6.50. The lowest BCUT2D eigenvalue weighted by molar-refractivity contribution is -0.127. The minimum absolute atomic E-state index is 0.0741. The van der Waals surface area contributed by atoms with Crippen molar-refractivity contribution in [3.63, 3.8) is 0 Å². The van der Waals surface area contributed by atoms with Gasteiger partial charge in [0.25, 0.3) is 0 Å². The quantitative estimate of drug-likeness (QED) is 0.371. The monoisotopic (exact) mass is 523 g/mol. The number of nitrogens with zero attached hydrogens (tertiary/aromatic N) is 7. The molecule has 1 amide bonds. The zero-order chi connectivity index (χ0) is 27.0. The van der Waals surface area contributed by atoms with E-state index in [1.165, 1.54) is 29.6 Å². The van der Waals surface area contributed by atoms with Crippen molar-refractivity contribution in [2.75, 3.05) is 19.7 Å². The van der Waals surface area contributed by atoms with E-state index in [1.807, 2.05) is 11.6 Å². The summed E-state index contributed by atoms with van der Waals surface area (Å²) in [5.41, 5.74) is 0.708. The third-order valence-corrected chi connectivity index (χ3v) is 6.82. The maximum Gasteiger partial charge on any atom is 0.245 e. The zero-order valence-electron chi connectivity index (χ0n) is 21.0. The van der Waals surface area contributed by atoms with Gasteiger partial charge in [0, 0.05) is 24.8 Å². The van der Waals surface area contributed by atoms with E-state index in [1.54, 1.807) is 17.2 Å². The van der Waals surface area contributed by atoms with E-state index in [-0.39, 0.29) is 35.5 Å². The summed E-state index contributed by atoms with van der Waals surface area (Å²) in [6.45, 7) is 7.85. The summed E-state index contributed by atoms with van der Waals surface area (Å²) >= 11 is 0. The van der Waals surface area contributed by atoms with Gasteiger partial charge in [0.2, 0.25) is 5.91 Å². The molecule has 198 valence electrons. The molecule has 1 fully saturated rings. The van der Waals surface area contributed by atoms with Crippen LogP contribution in [0.15, 0.2) is 49.4 Å². The predicted octanol–water partition coefficient (Wildman–Crippen LogP) is 3.21. The molecule has 0 spiro atoms. The van der Waals surface area contributed by atoms with Gasteiger partial charge < -0.3 is 14.7 Å². The van der Waals surface area contributed by atoms with Crippen LogP contribution in [0.4, 0.5) is 8.78 Å². The summed E-state index contributed by atoms with van der Waals surface area (Å²) in [4.78, 5) is 17.6. The maximum atomic E-state index is 14.6. The Kier molecular flexibility index (Phi) is 6.66. The van der Waals surface area contributed by atoms with Crippen LogP contribution in [0.25, 0.3) is 16.8 Å². The van der Waals surface area contributed by atoms with Crippen molar-refractivity contribution < 1.29 is 23.4 Å². The maximum absolute atomic E-state index is 14.6. The Labute approximate surface area is 217 Å². The third kappa shape index (κ3) is 4.74. The Hall–Kier alpha value is -4.19. The van der Waals surface area contributed by atoms with Gasteiger partial charge >= 0.3 is 0 Å². The van der Waals surface area contributed by atoms with Crippen LogP contribution < -0.4 is 4.74 Å². The molecule has 0 unspecified atom stereocenters. The second kappa shape index (κ2) is 9.93. The summed E-state index contributed by atoms with van der Waals surface area (Å²) in [5.74, 6) is -1.06. The van der Waals surface area contributed by atoms with Crippen LogP contribution >= 0.6 is 0 Å². The molecule has 0 saturated carbocycles. The van der Waals surface area contributed by atoms with Gasteiger partial charge in [0.15, 0.2) is 5.82 Å². The van der Waals surface area contributed by atoms with Crippen molar-refractivity contribution in [3.05, 3.63) is 72.5 Å². The molecule has 12 heteroatoms. The highest BCUT2D eigenvalue weighted by molar-refractivity contribution is 5.87. The van der Waals surface area contributed by atoms with Gasteiger partial charge in [-0.1, -0.05) is 11.8 Å². The summed E-state index contributed by atoms with van der Waals surface area (Å²) < 4.78 is 37.0. The Morgan fingerprint density at radius 1 is 1.29 bits per heavy atom. The third-order valence-electron chi connectivity index (χ3n) is 6.82. The van der Waals surface area contributed by atoms with E-state index in [0.29, 0.717) is 24.3 Å². The number of piperidine rings is 1. The number of aromatic nitrogens is 6. The molecule has 0 radical (unpaired) electrons. The first-order chi connectivity index (χ1) is 18.2. The SMILES string of the molecule is C=CC(=O)N1CCC(n2nnc(-c3cc(OC[C@](C)(O)c4ccc(F)cn4)c4c(F)cnn4c3)c2C)CC1. The van der Waals surface area contributed by atoms with Crippen molar-refractivity contribution in [1.29, 1.82) is 0 Å². The highest BCUT2D eigenvalue weighted by Crippen LogP contribution is 2.33. The molecule has 1 N–H and O–H groups in total. The topological polar surface area (TPSA) is 111 Å². The van der Waals surface area contributed by atoms with Crippen LogP contribution in [0.1, 0.15) is 37.2 Å². The van der Waals surface area contributed by atoms with E-state index in [0.717, 1.165) is 30.9 Å². The van der Waals surface area contributed by atoms with Gasteiger partial charge in [-0.25, -0.2) is 18.0 Å². The fourth-order valence-electron chi connectivity index (χ4n) is 4.69. The van der Waals surface area contributed by atoms with Crippen LogP contribution in [0.3, 0.4) is 0 Å². The van der Waals surface area contributed by atoms with Crippen LogP contribution in [-0.4, -0.2) is 65.2 Å². The van der Waals surface area contributed by atoms with E-state index in [9.17, 15) is 18.7 Å². The standard InChI is InChI=1S/C26H27F2N7O3/c1-4-23(36)33-9-7-19(8-10-33)35-16(2)24(31-32-35)17-11-21(25-20(28)13-30-34(25)14-17)38-15-26(3,37)22-6-5-18(27)12-29-22/h4-6,11-14,19,37H,1,7-10,15H2,2-3H3/t26-/m0/s1. The first-order valence-electron chi connectivity index (χ1n) is 12.2. The van der Waals surface area contributed by atoms with Gasteiger partial charge in [0.05, 0.1) is 29.8 Å². The number of halogens is 2. The molecule has 0 aromatic carbocycles. The van der Waals surface area contributed by atoms with Crippen molar-refractivity contribution in [2.45, 2.75) is 38.3 Å². The zero-order valence-corrected chi connectivity index (χ0v) is 21.0. The first-order valence-corrected chi connectivity index (χ1v) is 12.2. The normalized spacial score (nSPS) is 16.0. The number of aliphatic hydroxyl groups is 1. The second-order valence-electron chi connectivity index (χ2n) is 9.53. The Balaban J connectivity index is 1.42. The van der Waals surface area contributed by atoms with Gasteiger partial charge in [-0.2, -0.15) is 5.10 Å². The number of hydrogen-bond donors (Lipinski definition) is 1. The summed E-state index contributed by atoms with van der Waals surface area (Å²) in [6, 6.07) is 4.26. The lowest BCUT2D eigenvalue weighted by Gasteiger charge is -2.31. The molecule has 0 aliphatic carbocycles. The molecule has 1 aliphatic rings. The van der Waals surface area contributed by atoms with Crippen molar-refractivity contribution >= 4 is 11.4 Å². The molecule has 5 heterocycles. The van der Waals surface area contributed by atoms with E-state index < -0.39 is 17.2 Å². The molecule has 1 atom stereocenters. The number of pyridine rings is 2. The lowest BCUT2D eigenvalue weighted by Crippen LogP contribution is -2.38. The molecule has 10 nitrogen and oxygen atoms in total. The number of ether oxygens (including phenoxy) is 1. The molecule has 5 rings (SSSR count). The van der Waals surface area contributed by atoms with E-state index >= 15 is 0 Å². The molecule has 1 aliphatic heterocycles. The van der Waals surface area contributed by atoms with Crippen molar-refractivity contribution in [2.24, 2.45) is 0 Å². The molecule has 1 saturated heterocycles. The first kappa shape index (κ1) is 25.5. The van der Waals surface area contributed by atoms with Crippen LogP contribution in [0, 0.1) is 18.6 Å². The van der Waals surface area contributed by atoms with Gasteiger partial charge in [-0.05, 0) is 51.0 Å². The summed E-state index contributed by atoms with van der Waals surface area (Å²) in [5, 5.41) is 23.7. The second-order valence-corrected chi connectivity index (χ2v) is 9.53. The molecular weight excluding hydrogens is 496 g/mol. The number of fused-ring (bicyclic) bond motifs is 1. The highest BCUT2D eigenvalue weighted by atomic mass is 19.1. The average molecular weight is 524 g/mol. The Bertz CT molecular complexity index is 1490. The number of carbonyl (C=O) groups is 1. The Morgan fingerprint density at radius 3 is 2.74 bits per heavy atom. The fourth-order valence-corrected chi connectivity index (χ4v) is 4.69. The lowest BCUT2D eigenvalue weighted by atomic mass is 10.0. The number of rotatable bonds is 7. The average Bonchev–Trinajstić information content (AvgIpc) is 3.49. The van der Waals surface area contributed by atoms with Crippen LogP contribution in [0.5, 0.6) is 5.75 Å². The fraction of sp³-hybridized carbons (Fsp3) is 0.346. The molecule has 0 bridgehead atoms.